The number of nitrogens with zero attached hydrogens (tertiary/aromatic N) is 2. The first-order chi connectivity index (χ1) is 12.8. The van der Waals surface area contributed by atoms with E-state index in [-0.39, 0.29) is 17.9 Å². The second kappa shape index (κ2) is 7.23. The first kappa shape index (κ1) is 18.6. The van der Waals surface area contributed by atoms with E-state index in [1.54, 1.807) is 17.5 Å². The summed E-state index contributed by atoms with van der Waals surface area (Å²) in [4.78, 5) is 20.5. The van der Waals surface area contributed by atoms with Crippen LogP contribution in [0, 0.1) is 0 Å². The van der Waals surface area contributed by atoms with Crippen molar-refractivity contribution in [3.63, 3.8) is 0 Å². The second-order valence-electron chi connectivity index (χ2n) is 5.43. The third-order valence-electron chi connectivity index (χ3n) is 3.53. The van der Waals surface area contributed by atoms with Crippen LogP contribution in [-0.4, -0.2) is 26.1 Å². The SMILES string of the molecule is O=C(NCc1cccc(C(F)(F)F)c1)c1nc(-c2cccs2)nc(O)c1O. The Morgan fingerprint density at radius 2 is 1.93 bits per heavy atom. The van der Waals surface area contributed by atoms with Crippen LogP contribution in [-0.2, 0) is 12.7 Å². The third-order valence-corrected chi connectivity index (χ3v) is 4.40. The summed E-state index contributed by atoms with van der Waals surface area (Å²) in [6, 6.07) is 7.88. The van der Waals surface area contributed by atoms with Crippen molar-refractivity contribution >= 4 is 17.2 Å². The lowest BCUT2D eigenvalue weighted by Crippen LogP contribution is -2.24. The Labute approximate surface area is 155 Å². The van der Waals surface area contributed by atoms with Crippen molar-refractivity contribution < 1.29 is 28.2 Å². The van der Waals surface area contributed by atoms with Crippen molar-refractivity contribution in [3.8, 4) is 22.3 Å². The zero-order valence-electron chi connectivity index (χ0n) is 13.5. The lowest BCUT2D eigenvalue weighted by atomic mass is 10.1. The van der Waals surface area contributed by atoms with Crippen LogP contribution < -0.4 is 5.32 Å². The zero-order valence-corrected chi connectivity index (χ0v) is 14.3. The number of hydrogen-bond acceptors (Lipinski definition) is 6. The number of alkyl halides is 3. The minimum absolute atomic E-state index is 0.0459. The highest BCUT2D eigenvalue weighted by Gasteiger charge is 2.30. The van der Waals surface area contributed by atoms with Gasteiger partial charge in [0.25, 0.3) is 11.8 Å². The van der Waals surface area contributed by atoms with Gasteiger partial charge in [0, 0.05) is 6.54 Å². The number of halogens is 3. The highest BCUT2D eigenvalue weighted by molar-refractivity contribution is 7.13. The zero-order chi connectivity index (χ0) is 19.6. The van der Waals surface area contributed by atoms with E-state index in [4.69, 9.17) is 0 Å². The molecule has 3 aromatic rings. The molecule has 10 heteroatoms. The first-order valence-electron chi connectivity index (χ1n) is 7.54. The molecular weight excluding hydrogens is 383 g/mol. The van der Waals surface area contributed by atoms with Crippen LogP contribution in [0.2, 0.25) is 0 Å². The summed E-state index contributed by atoms with van der Waals surface area (Å²) >= 11 is 1.27. The highest BCUT2D eigenvalue weighted by atomic mass is 32.1. The van der Waals surface area contributed by atoms with Gasteiger partial charge in [-0.25, -0.2) is 4.98 Å². The van der Waals surface area contributed by atoms with Gasteiger partial charge in [-0.3, -0.25) is 4.79 Å². The van der Waals surface area contributed by atoms with Crippen molar-refractivity contribution in [2.75, 3.05) is 0 Å². The van der Waals surface area contributed by atoms with Gasteiger partial charge in [0.15, 0.2) is 11.5 Å². The first-order valence-corrected chi connectivity index (χ1v) is 8.42. The maximum atomic E-state index is 12.7. The van der Waals surface area contributed by atoms with E-state index in [0.717, 1.165) is 12.1 Å². The van der Waals surface area contributed by atoms with Gasteiger partial charge in [-0.15, -0.1) is 11.3 Å². The van der Waals surface area contributed by atoms with Crippen LogP contribution >= 0.6 is 11.3 Å². The molecule has 2 aromatic heterocycles. The Hall–Kier alpha value is -3.14. The predicted molar refractivity (Wildman–Crippen MR) is 91.3 cm³/mol. The number of thiophene rings is 1. The molecule has 0 saturated heterocycles. The van der Waals surface area contributed by atoms with Gasteiger partial charge in [-0.05, 0) is 29.1 Å². The van der Waals surface area contributed by atoms with Crippen molar-refractivity contribution in [2.24, 2.45) is 0 Å². The number of aromatic nitrogens is 2. The Bertz CT molecular complexity index is 975. The number of hydrogen-bond donors (Lipinski definition) is 3. The monoisotopic (exact) mass is 395 g/mol. The van der Waals surface area contributed by atoms with E-state index in [2.05, 4.69) is 15.3 Å². The van der Waals surface area contributed by atoms with E-state index < -0.39 is 35.0 Å². The fourth-order valence-electron chi connectivity index (χ4n) is 2.24. The molecule has 3 N–H and O–H groups in total. The van der Waals surface area contributed by atoms with Crippen molar-refractivity contribution in [3.05, 3.63) is 58.6 Å². The molecule has 0 spiro atoms. The molecule has 0 saturated carbocycles. The Morgan fingerprint density at radius 1 is 1.15 bits per heavy atom. The standard InChI is InChI=1S/C17H12F3N3O3S/c18-17(19,20)10-4-1-3-9(7-10)8-21-15(25)12-13(24)16(26)23-14(22-12)11-5-2-6-27-11/h1-7,24H,8H2,(H,21,25)(H,22,23,26). The molecule has 1 aromatic carbocycles. The topological polar surface area (TPSA) is 95.3 Å². The van der Waals surface area contributed by atoms with Crippen LogP contribution in [0.3, 0.4) is 0 Å². The molecule has 0 bridgehead atoms. The summed E-state index contributed by atoms with van der Waals surface area (Å²) in [7, 11) is 0. The number of nitrogens with one attached hydrogen (secondary N) is 1. The fraction of sp³-hybridized carbons (Fsp3) is 0.118. The summed E-state index contributed by atoms with van der Waals surface area (Å²) in [5, 5.41) is 23.7. The van der Waals surface area contributed by atoms with Crippen LogP contribution in [0.25, 0.3) is 10.7 Å². The van der Waals surface area contributed by atoms with Crippen LogP contribution in [0.1, 0.15) is 21.6 Å². The molecule has 0 atom stereocenters. The summed E-state index contributed by atoms with van der Waals surface area (Å²) in [6.45, 7) is -0.221. The predicted octanol–water partition coefficient (Wildman–Crippen LogP) is 3.57. The van der Waals surface area contributed by atoms with Gasteiger partial charge in [-0.1, -0.05) is 18.2 Å². The van der Waals surface area contributed by atoms with Crippen LogP contribution in [0.15, 0.2) is 41.8 Å². The molecular formula is C17H12F3N3O3S. The summed E-state index contributed by atoms with van der Waals surface area (Å²) < 4.78 is 38.2. The average Bonchev–Trinajstić information content (AvgIpc) is 3.16. The quantitative estimate of drug-likeness (QED) is 0.628. The average molecular weight is 395 g/mol. The third kappa shape index (κ3) is 4.17. The molecule has 0 fully saturated rings. The summed E-state index contributed by atoms with van der Waals surface area (Å²) in [5.41, 5.74) is -1.09. The number of amides is 1. The fourth-order valence-corrected chi connectivity index (χ4v) is 2.90. The van der Waals surface area contributed by atoms with Gasteiger partial charge >= 0.3 is 6.18 Å². The number of aromatic hydroxyl groups is 2. The van der Waals surface area contributed by atoms with E-state index in [1.807, 2.05) is 0 Å². The molecule has 1 amide bonds. The lowest BCUT2D eigenvalue weighted by molar-refractivity contribution is -0.137. The van der Waals surface area contributed by atoms with Crippen LogP contribution in [0.4, 0.5) is 13.2 Å². The number of carbonyl (C=O) groups is 1. The van der Waals surface area contributed by atoms with E-state index in [0.29, 0.717) is 4.88 Å². The molecule has 0 aliphatic rings. The van der Waals surface area contributed by atoms with Crippen molar-refractivity contribution in [1.29, 1.82) is 0 Å². The smallest absolute Gasteiger partial charge is 0.416 e. The lowest BCUT2D eigenvalue weighted by Gasteiger charge is -2.10. The molecule has 27 heavy (non-hydrogen) atoms. The minimum atomic E-state index is -4.49. The Morgan fingerprint density at radius 3 is 2.59 bits per heavy atom. The van der Waals surface area contributed by atoms with E-state index >= 15 is 0 Å². The summed E-state index contributed by atoms with van der Waals surface area (Å²) in [5.74, 6) is -2.39. The molecule has 0 unspecified atom stereocenters. The Balaban J connectivity index is 1.81. The van der Waals surface area contributed by atoms with E-state index in [1.165, 1.54) is 23.5 Å². The number of benzene rings is 1. The van der Waals surface area contributed by atoms with Crippen LogP contribution in [0.5, 0.6) is 11.6 Å². The number of carbonyl (C=O) groups excluding carboxylic acids is 1. The maximum Gasteiger partial charge on any atom is 0.416 e. The molecule has 140 valence electrons. The van der Waals surface area contributed by atoms with Gasteiger partial charge in [-0.2, -0.15) is 18.2 Å². The molecule has 2 heterocycles. The van der Waals surface area contributed by atoms with Gasteiger partial charge in [0.2, 0.25) is 5.75 Å². The molecule has 0 radical (unpaired) electrons. The largest absolute Gasteiger partial charge is 0.501 e. The maximum absolute atomic E-state index is 12.7. The number of rotatable bonds is 4. The normalized spacial score (nSPS) is 11.4. The second-order valence-corrected chi connectivity index (χ2v) is 6.37. The van der Waals surface area contributed by atoms with Gasteiger partial charge in [0.1, 0.15) is 0 Å². The molecule has 0 aliphatic heterocycles. The summed E-state index contributed by atoms with van der Waals surface area (Å²) in [6.07, 6.45) is -4.49. The van der Waals surface area contributed by atoms with Gasteiger partial charge in [0.05, 0.1) is 10.4 Å². The minimum Gasteiger partial charge on any atom is -0.501 e. The van der Waals surface area contributed by atoms with Crippen molar-refractivity contribution in [2.45, 2.75) is 12.7 Å². The molecule has 3 rings (SSSR count). The highest BCUT2D eigenvalue weighted by Crippen LogP contribution is 2.31. The Kier molecular flexibility index (Phi) is 5.00. The van der Waals surface area contributed by atoms with Gasteiger partial charge < -0.3 is 15.5 Å². The molecule has 0 aliphatic carbocycles. The van der Waals surface area contributed by atoms with E-state index in [9.17, 15) is 28.2 Å². The molecule has 6 nitrogen and oxygen atoms in total. The van der Waals surface area contributed by atoms with Crippen molar-refractivity contribution in [1.82, 2.24) is 15.3 Å².